The Hall–Kier alpha value is -2.93. The maximum atomic E-state index is 14.8. The van der Waals surface area contributed by atoms with Gasteiger partial charge in [-0.1, -0.05) is 18.5 Å². The van der Waals surface area contributed by atoms with Crippen molar-refractivity contribution in [3.8, 4) is 5.75 Å². The fourth-order valence-corrected chi connectivity index (χ4v) is 3.38. The molecule has 3 aromatic rings. The lowest BCUT2D eigenvalue weighted by Crippen LogP contribution is -2.17. The Morgan fingerprint density at radius 3 is 2.47 bits per heavy atom. The van der Waals surface area contributed by atoms with Gasteiger partial charge in [0, 0.05) is 27.7 Å². The Kier molecular flexibility index (Phi) is 6.12. The number of hydrogen-bond acceptors (Lipinski definition) is 4. The van der Waals surface area contributed by atoms with E-state index >= 15 is 0 Å². The van der Waals surface area contributed by atoms with Crippen LogP contribution >= 0.6 is 11.6 Å². The van der Waals surface area contributed by atoms with Gasteiger partial charge in [0.2, 0.25) is 0 Å². The molecule has 0 bridgehead atoms. The fourth-order valence-electron chi connectivity index (χ4n) is 3.25. The Labute approximate surface area is 176 Å². The second kappa shape index (κ2) is 8.44. The van der Waals surface area contributed by atoms with Crippen LogP contribution in [-0.4, -0.2) is 27.7 Å². The minimum Gasteiger partial charge on any atom is -0.503 e. The number of ether oxygens (including phenoxy) is 1. The zero-order valence-electron chi connectivity index (χ0n) is 16.6. The van der Waals surface area contributed by atoms with Crippen molar-refractivity contribution in [1.82, 2.24) is 4.57 Å². The fraction of sp³-hybridized carbons (Fsp3) is 0.273. The van der Waals surface area contributed by atoms with Crippen LogP contribution in [0.4, 0.5) is 8.78 Å². The Balaban J connectivity index is 2.20. The molecule has 30 heavy (non-hydrogen) atoms. The van der Waals surface area contributed by atoms with Gasteiger partial charge in [0.15, 0.2) is 17.4 Å². The van der Waals surface area contributed by atoms with Gasteiger partial charge in [-0.05, 0) is 50.1 Å². The number of phenolic OH excluding ortho intramolecular Hbond substituents is 1. The summed E-state index contributed by atoms with van der Waals surface area (Å²) in [6.45, 7) is 5.09. The summed E-state index contributed by atoms with van der Waals surface area (Å²) >= 11 is 5.87. The molecule has 0 aliphatic carbocycles. The highest BCUT2D eigenvalue weighted by Crippen LogP contribution is 2.35. The summed E-state index contributed by atoms with van der Waals surface area (Å²) in [6.07, 6.45) is -0.0742. The molecule has 158 valence electrons. The monoisotopic (exact) mass is 435 g/mol. The third kappa shape index (κ3) is 3.89. The molecule has 0 spiro atoms. The summed E-state index contributed by atoms with van der Waals surface area (Å²) in [5.41, 5.74) is 0.539. The first-order chi connectivity index (χ1) is 14.1. The lowest BCUT2D eigenvalue weighted by atomic mass is 10.1. The number of fused-ring (bicyclic) bond motifs is 1. The van der Waals surface area contributed by atoms with E-state index in [0.717, 1.165) is 10.6 Å². The van der Waals surface area contributed by atoms with Crippen LogP contribution < -0.4 is 0 Å². The number of aromatic nitrogens is 1. The first-order valence-electron chi connectivity index (χ1n) is 9.36. The topological polar surface area (TPSA) is 68.5 Å². The molecule has 1 atom stereocenters. The van der Waals surface area contributed by atoms with Crippen LogP contribution in [0.3, 0.4) is 0 Å². The van der Waals surface area contributed by atoms with Crippen molar-refractivity contribution in [3.63, 3.8) is 0 Å². The van der Waals surface area contributed by atoms with Crippen molar-refractivity contribution in [2.45, 2.75) is 39.7 Å². The van der Waals surface area contributed by atoms with E-state index in [9.17, 15) is 23.5 Å². The van der Waals surface area contributed by atoms with Crippen LogP contribution in [0.2, 0.25) is 5.02 Å². The van der Waals surface area contributed by atoms with Gasteiger partial charge in [0.25, 0.3) is 5.91 Å². The van der Waals surface area contributed by atoms with Crippen LogP contribution in [0.1, 0.15) is 41.9 Å². The second-order valence-electron chi connectivity index (χ2n) is 7.01. The van der Waals surface area contributed by atoms with Crippen molar-refractivity contribution in [2.24, 2.45) is 0 Å². The van der Waals surface area contributed by atoms with E-state index in [4.69, 9.17) is 16.3 Å². The van der Waals surface area contributed by atoms with E-state index in [1.807, 2.05) is 6.92 Å². The molecule has 0 aliphatic rings. The number of carbonyl (C=O) groups excluding carboxylic acids is 2. The number of nitrogens with zero attached hydrogens (tertiary/aromatic N) is 1. The molecule has 0 fully saturated rings. The lowest BCUT2D eigenvalue weighted by Gasteiger charge is -2.11. The molecular weight excluding hydrogens is 416 g/mol. The van der Waals surface area contributed by atoms with Crippen molar-refractivity contribution < 1.29 is 28.2 Å². The first kappa shape index (κ1) is 21.8. The molecule has 8 heteroatoms. The smallest absolute Gasteiger partial charge is 0.310 e. The number of benzene rings is 2. The summed E-state index contributed by atoms with van der Waals surface area (Å²) in [4.78, 5) is 25.5. The van der Waals surface area contributed by atoms with E-state index < -0.39 is 29.3 Å². The number of rotatable bonds is 5. The average molecular weight is 436 g/mol. The molecular formula is C22H20ClF2NO4. The highest BCUT2D eigenvalue weighted by molar-refractivity contribution is 6.30. The van der Waals surface area contributed by atoms with Crippen molar-refractivity contribution >= 4 is 34.4 Å². The largest absolute Gasteiger partial charge is 0.503 e. The summed E-state index contributed by atoms with van der Waals surface area (Å²) in [5, 5.41) is 9.99. The Bertz CT molecular complexity index is 1140. The van der Waals surface area contributed by atoms with Crippen LogP contribution in [0.5, 0.6) is 5.75 Å². The van der Waals surface area contributed by atoms with E-state index in [-0.39, 0.29) is 40.2 Å². The number of carbonyl (C=O) groups is 2. The second-order valence-corrected chi connectivity index (χ2v) is 7.45. The number of hydrogen-bond donors (Lipinski definition) is 1. The Morgan fingerprint density at radius 1 is 1.23 bits per heavy atom. The minimum atomic E-state index is -1.23. The SMILES string of the molecule is CC[C@@H](C)OC(=O)Cc1c(C)n(C(=O)c2ccc(Cl)cc2)c2cc(F)c(O)c(F)c12. The molecule has 0 amide bonds. The van der Waals surface area contributed by atoms with Crippen LogP contribution in [0, 0.1) is 18.6 Å². The molecule has 0 unspecified atom stereocenters. The molecule has 0 radical (unpaired) electrons. The molecule has 0 saturated carbocycles. The van der Waals surface area contributed by atoms with Crippen LogP contribution in [-0.2, 0) is 16.0 Å². The molecule has 5 nitrogen and oxygen atoms in total. The predicted molar refractivity (Wildman–Crippen MR) is 109 cm³/mol. The summed E-state index contributed by atoms with van der Waals surface area (Å²) in [6, 6.07) is 6.89. The lowest BCUT2D eigenvalue weighted by molar-refractivity contribution is -0.147. The summed E-state index contributed by atoms with van der Waals surface area (Å²) < 4.78 is 35.3. The molecule has 1 N–H and O–H groups in total. The quantitative estimate of drug-likeness (QED) is 0.562. The number of esters is 1. The third-order valence-electron chi connectivity index (χ3n) is 5.01. The van der Waals surface area contributed by atoms with Crippen molar-refractivity contribution in [2.75, 3.05) is 0 Å². The third-order valence-corrected chi connectivity index (χ3v) is 5.26. The highest BCUT2D eigenvalue weighted by atomic mass is 35.5. The molecule has 0 aliphatic heterocycles. The van der Waals surface area contributed by atoms with Crippen molar-refractivity contribution in [3.05, 3.63) is 63.8 Å². The van der Waals surface area contributed by atoms with Gasteiger partial charge >= 0.3 is 5.97 Å². The highest BCUT2D eigenvalue weighted by Gasteiger charge is 2.27. The number of halogens is 3. The van der Waals surface area contributed by atoms with Gasteiger partial charge < -0.3 is 9.84 Å². The van der Waals surface area contributed by atoms with E-state index in [1.165, 1.54) is 31.2 Å². The first-order valence-corrected chi connectivity index (χ1v) is 9.74. The predicted octanol–water partition coefficient (Wildman–Crippen LogP) is 5.16. The minimum absolute atomic E-state index is 0.0911. The average Bonchev–Trinajstić information content (AvgIpc) is 2.97. The van der Waals surface area contributed by atoms with Gasteiger partial charge in [0.1, 0.15) is 0 Å². The van der Waals surface area contributed by atoms with Gasteiger partial charge in [-0.15, -0.1) is 0 Å². The van der Waals surface area contributed by atoms with Gasteiger partial charge in [-0.25, -0.2) is 8.78 Å². The number of phenols is 1. The maximum Gasteiger partial charge on any atom is 0.310 e. The van der Waals surface area contributed by atoms with Gasteiger partial charge in [-0.2, -0.15) is 0 Å². The molecule has 1 aromatic heterocycles. The zero-order valence-corrected chi connectivity index (χ0v) is 17.4. The molecule has 0 saturated heterocycles. The van der Waals surface area contributed by atoms with Gasteiger partial charge in [0.05, 0.1) is 18.0 Å². The van der Waals surface area contributed by atoms with Crippen LogP contribution in [0.25, 0.3) is 10.9 Å². The molecule has 1 heterocycles. The maximum absolute atomic E-state index is 14.8. The normalized spacial score (nSPS) is 12.2. The Morgan fingerprint density at radius 2 is 1.87 bits per heavy atom. The van der Waals surface area contributed by atoms with Crippen LogP contribution in [0.15, 0.2) is 30.3 Å². The molecule has 2 aromatic carbocycles. The van der Waals surface area contributed by atoms with Gasteiger partial charge in [-0.3, -0.25) is 14.2 Å². The molecule has 3 rings (SSSR count). The van der Waals surface area contributed by atoms with Crippen molar-refractivity contribution in [1.29, 1.82) is 0 Å². The standard InChI is InChI=1S/C22H20ClF2NO4/c1-4-11(2)30-18(27)9-15-12(3)26(22(29)13-5-7-14(23)8-6-13)17-10-16(24)21(28)20(25)19(15)17/h5-8,10-11,28H,4,9H2,1-3H3/t11-/m1/s1. The van der Waals surface area contributed by atoms with E-state index in [1.54, 1.807) is 6.92 Å². The summed E-state index contributed by atoms with van der Waals surface area (Å²) in [5.74, 6) is -4.79. The number of aromatic hydroxyl groups is 1. The zero-order chi connectivity index (χ0) is 22.2. The summed E-state index contributed by atoms with van der Waals surface area (Å²) in [7, 11) is 0. The van der Waals surface area contributed by atoms with E-state index in [0.29, 0.717) is 11.4 Å². The van der Waals surface area contributed by atoms with E-state index in [2.05, 4.69) is 0 Å².